The molecule has 26 heavy (non-hydrogen) atoms. The van der Waals surface area contributed by atoms with E-state index in [4.69, 9.17) is 37.4 Å². The van der Waals surface area contributed by atoms with Gasteiger partial charge in [-0.25, -0.2) is 4.79 Å². The van der Waals surface area contributed by atoms with E-state index >= 15 is 0 Å². The van der Waals surface area contributed by atoms with E-state index in [0.717, 1.165) is 11.3 Å². The predicted octanol–water partition coefficient (Wildman–Crippen LogP) is 4.44. The van der Waals surface area contributed by atoms with Crippen LogP contribution in [-0.4, -0.2) is 43.9 Å². The van der Waals surface area contributed by atoms with Gasteiger partial charge in [0.1, 0.15) is 18.1 Å². The highest BCUT2D eigenvalue weighted by atomic mass is 35.5. The van der Waals surface area contributed by atoms with Crippen molar-refractivity contribution < 1.29 is 19.0 Å². The number of carbonyl (C=O) groups excluding carboxylic acids is 1. The first kappa shape index (κ1) is 18.7. The van der Waals surface area contributed by atoms with E-state index in [1.165, 1.54) is 0 Å². The molecule has 2 aromatic rings. The minimum Gasteiger partial charge on any atom is -0.497 e. The Morgan fingerprint density at radius 3 is 2.54 bits per heavy atom. The van der Waals surface area contributed by atoms with Gasteiger partial charge in [0.15, 0.2) is 6.10 Å². The maximum absolute atomic E-state index is 12.0. The number of benzene rings is 2. The fraction of sp³-hybridized carbons (Fsp3) is 0.316. The quantitative estimate of drug-likeness (QED) is 0.694. The van der Waals surface area contributed by atoms with E-state index < -0.39 is 0 Å². The lowest BCUT2D eigenvalue weighted by atomic mass is 10.1. The van der Waals surface area contributed by atoms with Crippen molar-refractivity contribution in [3.8, 4) is 11.5 Å². The Morgan fingerprint density at radius 2 is 1.85 bits per heavy atom. The average molecular weight is 396 g/mol. The number of hydrogen-bond donors (Lipinski definition) is 0. The molecule has 0 aromatic heterocycles. The standard InChI is InChI=1S/C19H19Cl2NO4/c1-24-14-3-5-15(6-4-14)25-12-16-11-22(19(23)26-16)9-8-13-2-7-17(20)18(21)10-13/h2-7,10,16H,8-9,11-12H2,1H3. The maximum Gasteiger partial charge on any atom is 0.410 e. The first-order valence-corrected chi connectivity index (χ1v) is 8.97. The van der Waals surface area contributed by atoms with Crippen molar-refractivity contribution in [2.45, 2.75) is 12.5 Å². The Balaban J connectivity index is 1.47. The zero-order valence-electron chi connectivity index (χ0n) is 14.3. The number of cyclic esters (lactones) is 1. The van der Waals surface area contributed by atoms with Gasteiger partial charge in [-0.2, -0.15) is 0 Å². The van der Waals surface area contributed by atoms with E-state index in [-0.39, 0.29) is 12.2 Å². The number of amides is 1. The zero-order valence-corrected chi connectivity index (χ0v) is 15.8. The number of methoxy groups -OCH3 is 1. The third-order valence-corrected chi connectivity index (χ3v) is 4.84. The number of nitrogens with zero attached hydrogens (tertiary/aromatic N) is 1. The molecule has 5 nitrogen and oxygen atoms in total. The van der Waals surface area contributed by atoms with Crippen LogP contribution in [0.4, 0.5) is 4.79 Å². The summed E-state index contributed by atoms with van der Waals surface area (Å²) in [6, 6.07) is 12.7. The van der Waals surface area contributed by atoms with Gasteiger partial charge in [0.05, 0.1) is 23.7 Å². The summed E-state index contributed by atoms with van der Waals surface area (Å²) in [6.45, 7) is 1.35. The summed E-state index contributed by atoms with van der Waals surface area (Å²) in [7, 11) is 1.61. The number of rotatable bonds is 7. The van der Waals surface area contributed by atoms with Gasteiger partial charge in [0.2, 0.25) is 0 Å². The molecule has 1 heterocycles. The summed E-state index contributed by atoms with van der Waals surface area (Å²) in [4.78, 5) is 13.7. The summed E-state index contributed by atoms with van der Waals surface area (Å²) in [5.74, 6) is 1.47. The van der Waals surface area contributed by atoms with Crippen LogP contribution in [0.5, 0.6) is 11.5 Å². The Kier molecular flexibility index (Phi) is 6.12. The van der Waals surface area contributed by atoms with Gasteiger partial charge in [-0.15, -0.1) is 0 Å². The summed E-state index contributed by atoms with van der Waals surface area (Å²) in [5.41, 5.74) is 1.02. The molecule has 1 saturated heterocycles. The molecule has 0 aliphatic carbocycles. The smallest absolute Gasteiger partial charge is 0.410 e. The van der Waals surface area contributed by atoms with Gasteiger partial charge in [-0.3, -0.25) is 0 Å². The topological polar surface area (TPSA) is 48.0 Å². The molecule has 2 aromatic carbocycles. The van der Waals surface area contributed by atoms with E-state index in [9.17, 15) is 4.79 Å². The molecule has 0 spiro atoms. The highest BCUT2D eigenvalue weighted by molar-refractivity contribution is 6.42. The van der Waals surface area contributed by atoms with Crippen LogP contribution in [0.2, 0.25) is 10.0 Å². The number of hydrogen-bond acceptors (Lipinski definition) is 4. The largest absolute Gasteiger partial charge is 0.497 e. The van der Waals surface area contributed by atoms with E-state index in [0.29, 0.717) is 41.9 Å². The van der Waals surface area contributed by atoms with E-state index in [1.807, 2.05) is 36.4 Å². The van der Waals surface area contributed by atoms with Crippen molar-refractivity contribution in [3.63, 3.8) is 0 Å². The molecule has 0 N–H and O–H groups in total. The molecule has 1 fully saturated rings. The van der Waals surface area contributed by atoms with Gasteiger partial charge >= 0.3 is 6.09 Å². The highest BCUT2D eigenvalue weighted by Gasteiger charge is 2.31. The van der Waals surface area contributed by atoms with Gasteiger partial charge in [0, 0.05) is 6.54 Å². The van der Waals surface area contributed by atoms with Crippen LogP contribution in [0.25, 0.3) is 0 Å². The first-order chi connectivity index (χ1) is 12.5. The van der Waals surface area contributed by atoms with Crippen molar-refractivity contribution in [2.24, 2.45) is 0 Å². The van der Waals surface area contributed by atoms with Crippen LogP contribution < -0.4 is 9.47 Å². The molecule has 1 aliphatic rings. The number of ether oxygens (including phenoxy) is 3. The van der Waals surface area contributed by atoms with E-state index in [2.05, 4.69) is 0 Å². The van der Waals surface area contributed by atoms with Gasteiger partial charge < -0.3 is 19.1 Å². The van der Waals surface area contributed by atoms with Gasteiger partial charge in [0.25, 0.3) is 0 Å². The van der Waals surface area contributed by atoms with Crippen molar-refractivity contribution in [2.75, 3.05) is 26.8 Å². The number of halogens is 2. The normalized spacial score (nSPS) is 16.5. The molecular weight excluding hydrogens is 377 g/mol. The zero-order chi connectivity index (χ0) is 18.5. The lowest BCUT2D eigenvalue weighted by Crippen LogP contribution is -2.28. The second-order valence-corrected chi connectivity index (χ2v) is 6.75. The number of carbonyl (C=O) groups is 1. The molecule has 138 valence electrons. The first-order valence-electron chi connectivity index (χ1n) is 8.21. The minimum absolute atomic E-state index is 0.293. The maximum atomic E-state index is 12.0. The fourth-order valence-corrected chi connectivity index (χ4v) is 2.99. The highest BCUT2D eigenvalue weighted by Crippen LogP contribution is 2.23. The molecule has 0 bridgehead atoms. The van der Waals surface area contributed by atoms with Gasteiger partial charge in [-0.1, -0.05) is 29.3 Å². The van der Waals surface area contributed by atoms with Crippen molar-refractivity contribution in [1.29, 1.82) is 0 Å². The summed E-state index contributed by atoms with van der Waals surface area (Å²) in [5, 5.41) is 1.03. The van der Waals surface area contributed by atoms with Crippen LogP contribution in [0.3, 0.4) is 0 Å². The molecular formula is C19H19Cl2NO4. The Bertz CT molecular complexity index is 767. The Morgan fingerprint density at radius 1 is 1.12 bits per heavy atom. The summed E-state index contributed by atoms with van der Waals surface area (Å²) < 4.78 is 16.2. The molecule has 1 amide bonds. The molecule has 7 heteroatoms. The predicted molar refractivity (Wildman–Crippen MR) is 100 cm³/mol. The lowest BCUT2D eigenvalue weighted by Gasteiger charge is -2.13. The Labute approximate surface area is 162 Å². The van der Waals surface area contributed by atoms with Crippen LogP contribution in [0, 0.1) is 0 Å². The molecule has 1 unspecified atom stereocenters. The van der Waals surface area contributed by atoms with Crippen LogP contribution in [0.15, 0.2) is 42.5 Å². The third-order valence-electron chi connectivity index (χ3n) is 4.10. The molecule has 1 aliphatic heterocycles. The third kappa shape index (κ3) is 4.74. The van der Waals surface area contributed by atoms with Crippen molar-refractivity contribution >= 4 is 29.3 Å². The van der Waals surface area contributed by atoms with Crippen molar-refractivity contribution in [3.05, 3.63) is 58.1 Å². The molecule has 1 atom stereocenters. The monoisotopic (exact) mass is 395 g/mol. The van der Waals surface area contributed by atoms with Crippen molar-refractivity contribution in [1.82, 2.24) is 4.90 Å². The van der Waals surface area contributed by atoms with Crippen LogP contribution >= 0.6 is 23.2 Å². The summed E-state index contributed by atoms with van der Waals surface area (Å²) >= 11 is 11.9. The van der Waals surface area contributed by atoms with Gasteiger partial charge in [-0.05, 0) is 48.4 Å². The minimum atomic E-state index is -0.326. The SMILES string of the molecule is COc1ccc(OCC2CN(CCc3ccc(Cl)c(Cl)c3)C(=O)O2)cc1. The molecule has 3 rings (SSSR count). The Hall–Kier alpha value is -2.11. The fourth-order valence-electron chi connectivity index (χ4n) is 2.66. The second-order valence-electron chi connectivity index (χ2n) is 5.94. The average Bonchev–Trinajstić information content (AvgIpc) is 3.01. The lowest BCUT2D eigenvalue weighted by molar-refractivity contribution is 0.103. The second kappa shape index (κ2) is 8.52. The summed E-state index contributed by atoms with van der Waals surface area (Å²) in [6.07, 6.45) is 0.0599. The van der Waals surface area contributed by atoms with Crippen LogP contribution in [0.1, 0.15) is 5.56 Å². The van der Waals surface area contributed by atoms with E-state index in [1.54, 1.807) is 18.1 Å². The molecule has 0 saturated carbocycles. The molecule has 0 radical (unpaired) electrons. The van der Waals surface area contributed by atoms with Crippen LogP contribution in [-0.2, 0) is 11.2 Å².